The monoisotopic (exact) mass is 335 g/mol. The standard InChI is InChI=1S/C16H15ClFN3O2/c17-14-6-3-11(9-20-14)7-13(16(19)23)21-15(22)8-10-1-4-12(18)5-2-10/h1-6,9,13H,7-8H2,(H2,19,23)(H,21,22)/t13-/m1/s1. The predicted octanol–water partition coefficient (Wildman–Crippen LogP) is 1.63. The second kappa shape index (κ2) is 7.69. The number of carbonyl (C=O) groups excluding carboxylic acids is 2. The summed E-state index contributed by atoms with van der Waals surface area (Å²) in [5, 5.41) is 2.91. The van der Waals surface area contributed by atoms with E-state index >= 15 is 0 Å². The van der Waals surface area contributed by atoms with Crippen LogP contribution in [0.4, 0.5) is 4.39 Å². The van der Waals surface area contributed by atoms with Gasteiger partial charge in [0, 0.05) is 12.6 Å². The fourth-order valence-electron chi connectivity index (χ4n) is 2.02. The van der Waals surface area contributed by atoms with E-state index in [1.165, 1.54) is 30.5 Å². The van der Waals surface area contributed by atoms with Crippen LogP contribution in [0.5, 0.6) is 0 Å². The highest BCUT2D eigenvalue weighted by Crippen LogP contribution is 2.08. The molecular weight excluding hydrogens is 321 g/mol. The third-order valence-corrected chi connectivity index (χ3v) is 3.41. The lowest BCUT2D eigenvalue weighted by molar-refractivity contribution is -0.127. The molecule has 0 bridgehead atoms. The molecule has 3 N–H and O–H groups in total. The zero-order valence-corrected chi connectivity index (χ0v) is 12.9. The molecule has 1 aromatic heterocycles. The molecular formula is C16H15ClFN3O2. The molecule has 120 valence electrons. The van der Waals surface area contributed by atoms with Crippen molar-refractivity contribution in [3.8, 4) is 0 Å². The summed E-state index contributed by atoms with van der Waals surface area (Å²) in [6, 6.07) is 8.01. The maximum absolute atomic E-state index is 12.8. The third kappa shape index (κ3) is 5.34. The normalized spacial score (nSPS) is 11.7. The maximum Gasteiger partial charge on any atom is 0.240 e. The number of amides is 2. The van der Waals surface area contributed by atoms with Crippen LogP contribution in [0.25, 0.3) is 0 Å². The van der Waals surface area contributed by atoms with Gasteiger partial charge in [-0.15, -0.1) is 0 Å². The molecule has 0 aliphatic heterocycles. The Morgan fingerprint density at radius 2 is 1.83 bits per heavy atom. The molecule has 2 amide bonds. The molecule has 0 radical (unpaired) electrons. The number of rotatable bonds is 6. The third-order valence-electron chi connectivity index (χ3n) is 3.19. The van der Waals surface area contributed by atoms with Crippen LogP contribution < -0.4 is 11.1 Å². The largest absolute Gasteiger partial charge is 0.368 e. The number of carbonyl (C=O) groups is 2. The van der Waals surface area contributed by atoms with Gasteiger partial charge in [0.15, 0.2) is 0 Å². The second-order valence-corrected chi connectivity index (χ2v) is 5.41. The van der Waals surface area contributed by atoms with Crippen molar-refractivity contribution >= 4 is 23.4 Å². The molecule has 0 aliphatic carbocycles. The van der Waals surface area contributed by atoms with E-state index in [9.17, 15) is 14.0 Å². The summed E-state index contributed by atoms with van der Waals surface area (Å²) in [7, 11) is 0. The molecule has 0 saturated carbocycles. The van der Waals surface area contributed by atoms with Crippen molar-refractivity contribution in [3.63, 3.8) is 0 Å². The molecule has 23 heavy (non-hydrogen) atoms. The quantitative estimate of drug-likeness (QED) is 0.787. The summed E-state index contributed by atoms with van der Waals surface area (Å²) in [4.78, 5) is 27.4. The minimum atomic E-state index is -0.856. The van der Waals surface area contributed by atoms with E-state index in [1.807, 2.05) is 0 Å². The number of pyridine rings is 1. The Bertz CT molecular complexity index is 689. The predicted molar refractivity (Wildman–Crippen MR) is 84.2 cm³/mol. The summed E-state index contributed by atoms with van der Waals surface area (Å²) in [5.41, 5.74) is 6.69. The van der Waals surface area contributed by atoms with Gasteiger partial charge < -0.3 is 11.1 Å². The average Bonchev–Trinajstić information content (AvgIpc) is 2.51. The number of nitrogens with two attached hydrogens (primary N) is 1. The maximum atomic E-state index is 12.8. The Hall–Kier alpha value is -2.47. The number of hydrogen-bond acceptors (Lipinski definition) is 3. The number of aromatic nitrogens is 1. The minimum absolute atomic E-state index is 0.0307. The molecule has 1 atom stereocenters. The van der Waals surface area contributed by atoms with Gasteiger partial charge in [-0.25, -0.2) is 9.37 Å². The molecule has 5 nitrogen and oxygen atoms in total. The lowest BCUT2D eigenvalue weighted by atomic mass is 10.1. The number of halogens is 2. The number of hydrogen-bond donors (Lipinski definition) is 2. The van der Waals surface area contributed by atoms with E-state index < -0.39 is 11.9 Å². The fraction of sp³-hybridized carbons (Fsp3) is 0.188. The van der Waals surface area contributed by atoms with Crippen molar-refractivity contribution in [1.82, 2.24) is 10.3 Å². The number of nitrogens with zero attached hydrogens (tertiary/aromatic N) is 1. The Balaban J connectivity index is 1.98. The van der Waals surface area contributed by atoms with Gasteiger partial charge in [0.2, 0.25) is 11.8 Å². The lowest BCUT2D eigenvalue weighted by Gasteiger charge is -2.15. The second-order valence-electron chi connectivity index (χ2n) is 5.02. The van der Waals surface area contributed by atoms with Gasteiger partial charge in [0.1, 0.15) is 17.0 Å². The van der Waals surface area contributed by atoms with E-state index in [-0.39, 0.29) is 24.6 Å². The molecule has 2 rings (SSSR count). The summed E-state index contributed by atoms with van der Waals surface area (Å²) in [5.74, 6) is -1.39. The number of benzene rings is 1. The molecule has 2 aromatic rings. The van der Waals surface area contributed by atoms with Gasteiger partial charge in [0.25, 0.3) is 0 Å². The van der Waals surface area contributed by atoms with Crippen molar-refractivity contribution in [2.45, 2.75) is 18.9 Å². The average molecular weight is 336 g/mol. The van der Waals surface area contributed by atoms with Crippen molar-refractivity contribution in [1.29, 1.82) is 0 Å². The summed E-state index contributed by atoms with van der Waals surface area (Å²) >= 11 is 5.70. The first-order valence-corrected chi connectivity index (χ1v) is 7.25. The van der Waals surface area contributed by atoms with Crippen LogP contribution in [-0.4, -0.2) is 22.8 Å². The molecule has 0 saturated heterocycles. The number of primary amides is 1. The first-order valence-electron chi connectivity index (χ1n) is 6.87. The van der Waals surface area contributed by atoms with Gasteiger partial charge in [-0.2, -0.15) is 0 Å². The molecule has 0 spiro atoms. The smallest absolute Gasteiger partial charge is 0.240 e. The zero-order chi connectivity index (χ0) is 16.8. The van der Waals surface area contributed by atoms with Crippen LogP contribution >= 0.6 is 11.6 Å². The lowest BCUT2D eigenvalue weighted by Crippen LogP contribution is -2.46. The highest BCUT2D eigenvalue weighted by molar-refractivity contribution is 6.29. The molecule has 0 unspecified atom stereocenters. The molecule has 1 aromatic carbocycles. The molecule has 0 aliphatic rings. The van der Waals surface area contributed by atoms with E-state index in [0.717, 1.165) is 5.56 Å². The van der Waals surface area contributed by atoms with Gasteiger partial charge in [-0.3, -0.25) is 9.59 Å². The molecule has 7 heteroatoms. The van der Waals surface area contributed by atoms with Crippen LogP contribution in [0.1, 0.15) is 11.1 Å². The van der Waals surface area contributed by atoms with Crippen LogP contribution in [0, 0.1) is 5.82 Å². The first kappa shape index (κ1) is 16.9. The summed E-state index contributed by atoms with van der Waals surface area (Å²) in [6.45, 7) is 0. The van der Waals surface area contributed by atoms with Crippen molar-refractivity contribution < 1.29 is 14.0 Å². The minimum Gasteiger partial charge on any atom is -0.368 e. The summed E-state index contributed by atoms with van der Waals surface area (Å²) in [6.07, 6.45) is 1.77. The van der Waals surface area contributed by atoms with Crippen molar-refractivity contribution in [2.24, 2.45) is 5.73 Å². The van der Waals surface area contributed by atoms with Gasteiger partial charge in [-0.05, 0) is 29.3 Å². The van der Waals surface area contributed by atoms with Crippen LogP contribution in [0.3, 0.4) is 0 Å². The van der Waals surface area contributed by atoms with Crippen LogP contribution in [0.15, 0.2) is 42.6 Å². The Labute approximate surface area is 137 Å². The van der Waals surface area contributed by atoms with Crippen LogP contribution in [-0.2, 0) is 22.4 Å². The molecule has 1 heterocycles. The Kier molecular flexibility index (Phi) is 5.65. The Morgan fingerprint density at radius 1 is 1.17 bits per heavy atom. The SMILES string of the molecule is NC(=O)[C@@H](Cc1ccc(Cl)nc1)NC(=O)Cc1ccc(F)cc1. The van der Waals surface area contributed by atoms with Crippen LogP contribution in [0.2, 0.25) is 5.15 Å². The van der Waals surface area contributed by atoms with E-state index in [1.54, 1.807) is 12.1 Å². The first-order chi connectivity index (χ1) is 10.9. The highest BCUT2D eigenvalue weighted by atomic mass is 35.5. The van der Waals surface area contributed by atoms with Gasteiger partial charge in [0.05, 0.1) is 6.42 Å². The fourth-order valence-corrected chi connectivity index (χ4v) is 2.13. The van der Waals surface area contributed by atoms with Gasteiger partial charge in [-0.1, -0.05) is 29.8 Å². The zero-order valence-electron chi connectivity index (χ0n) is 12.1. The van der Waals surface area contributed by atoms with Gasteiger partial charge >= 0.3 is 0 Å². The van der Waals surface area contributed by atoms with E-state index in [2.05, 4.69) is 10.3 Å². The van der Waals surface area contributed by atoms with E-state index in [4.69, 9.17) is 17.3 Å². The molecule has 0 fully saturated rings. The topological polar surface area (TPSA) is 85.1 Å². The van der Waals surface area contributed by atoms with Crippen molar-refractivity contribution in [2.75, 3.05) is 0 Å². The number of nitrogens with one attached hydrogen (secondary N) is 1. The summed E-state index contributed by atoms with van der Waals surface area (Å²) < 4.78 is 12.8. The van der Waals surface area contributed by atoms with Crippen molar-refractivity contribution in [3.05, 3.63) is 64.7 Å². The van der Waals surface area contributed by atoms with E-state index in [0.29, 0.717) is 10.7 Å². The Morgan fingerprint density at radius 3 is 2.39 bits per heavy atom. The highest BCUT2D eigenvalue weighted by Gasteiger charge is 2.19.